The smallest absolute Gasteiger partial charge is 0.171 e. The summed E-state index contributed by atoms with van der Waals surface area (Å²) in [6.45, 7) is 6.01. The van der Waals surface area contributed by atoms with Gasteiger partial charge in [-0.2, -0.15) is 0 Å². The standard InChI is InChI=1S/C18H21FN2S/c1-12(2)17(14-7-5-4-6-8-14)21-18(22)20-15-10-9-13(3)16(19)11-15/h4-12,17H,1-3H3,(H2,20,21,22)/t17-/m1/s1. The van der Waals surface area contributed by atoms with Crippen LogP contribution in [0.3, 0.4) is 0 Å². The van der Waals surface area contributed by atoms with Gasteiger partial charge in [-0.3, -0.25) is 0 Å². The van der Waals surface area contributed by atoms with Gasteiger partial charge in [-0.05, 0) is 48.3 Å². The Morgan fingerprint density at radius 1 is 1.09 bits per heavy atom. The number of rotatable bonds is 4. The van der Waals surface area contributed by atoms with Crippen LogP contribution in [-0.2, 0) is 0 Å². The van der Waals surface area contributed by atoms with E-state index >= 15 is 0 Å². The topological polar surface area (TPSA) is 24.1 Å². The Kier molecular flexibility index (Phi) is 5.50. The minimum absolute atomic E-state index is 0.108. The Hall–Kier alpha value is -1.94. The Labute approximate surface area is 136 Å². The average Bonchev–Trinajstić information content (AvgIpc) is 2.49. The van der Waals surface area contributed by atoms with Crippen LogP contribution in [0, 0.1) is 18.7 Å². The molecule has 2 rings (SSSR count). The van der Waals surface area contributed by atoms with Crippen molar-refractivity contribution < 1.29 is 4.39 Å². The lowest BCUT2D eigenvalue weighted by Crippen LogP contribution is -2.34. The number of thiocarbonyl (C=S) groups is 1. The Morgan fingerprint density at radius 2 is 1.77 bits per heavy atom. The first-order valence-corrected chi connectivity index (χ1v) is 7.77. The number of nitrogens with one attached hydrogen (secondary N) is 2. The predicted octanol–water partition coefficient (Wildman–Crippen LogP) is 4.82. The first kappa shape index (κ1) is 16.4. The summed E-state index contributed by atoms with van der Waals surface area (Å²) >= 11 is 5.36. The third-order valence-corrected chi connectivity index (χ3v) is 3.76. The number of anilines is 1. The van der Waals surface area contributed by atoms with Crippen molar-refractivity contribution in [1.29, 1.82) is 0 Å². The molecule has 22 heavy (non-hydrogen) atoms. The van der Waals surface area contributed by atoms with Crippen molar-refractivity contribution in [2.75, 3.05) is 5.32 Å². The zero-order valence-electron chi connectivity index (χ0n) is 13.1. The maximum atomic E-state index is 13.6. The van der Waals surface area contributed by atoms with E-state index in [9.17, 15) is 4.39 Å². The van der Waals surface area contributed by atoms with E-state index in [1.807, 2.05) is 24.3 Å². The van der Waals surface area contributed by atoms with Gasteiger partial charge in [0.25, 0.3) is 0 Å². The highest BCUT2D eigenvalue weighted by Crippen LogP contribution is 2.21. The molecule has 1 atom stereocenters. The molecule has 0 aromatic heterocycles. The van der Waals surface area contributed by atoms with Crippen LogP contribution in [0.4, 0.5) is 10.1 Å². The van der Waals surface area contributed by atoms with Crippen molar-refractivity contribution in [3.8, 4) is 0 Å². The normalized spacial score (nSPS) is 12.0. The molecule has 0 unspecified atom stereocenters. The second kappa shape index (κ2) is 7.36. The van der Waals surface area contributed by atoms with E-state index < -0.39 is 0 Å². The molecule has 0 aliphatic rings. The van der Waals surface area contributed by atoms with Gasteiger partial charge in [-0.15, -0.1) is 0 Å². The molecule has 0 fully saturated rings. The molecule has 0 radical (unpaired) electrons. The molecular formula is C18H21FN2S. The van der Waals surface area contributed by atoms with Crippen molar-refractivity contribution in [3.05, 3.63) is 65.5 Å². The zero-order valence-corrected chi connectivity index (χ0v) is 13.9. The minimum atomic E-state index is -0.240. The van der Waals surface area contributed by atoms with Crippen LogP contribution in [-0.4, -0.2) is 5.11 Å². The lowest BCUT2D eigenvalue weighted by Gasteiger charge is -2.24. The van der Waals surface area contributed by atoms with Gasteiger partial charge >= 0.3 is 0 Å². The third kappa shape index (κ3) is 4.28. The molecule has 116 valence electrons. The first-order valence-electron chi connectivity index (χ1n) is 7.36. The van der Waals surface area contributed by atoms with Gasteiger partial charge in [0.1, 0.15) is 5.82 Å². The molecule has 0 bridgehead atoms. The first-order chi connectivity index (χ1) is 10.5. The second-order valence-electron chi connectivity index (χ2n) is 5.69. The molecule has 0 aliphatic carbocycles. The second-order valence-corrected chi connectivity index (χ2v) is 6.10. The van der Waals surface area contributed by atoms with Gasteiger partial charge in [0, 0.05) is 5.69 Å². The van der Waals surface area contributed by atoms with E-state index in [4.69, 9.17) is 12.2 Å². The van der Waals surface area contributed by atoms with Crippen molar-refractivity contribution in [2.45, 2.75) is 26.8 Å². The highest BCUT2D eigenvalue weighted by Gasteiger charge is 2.16. The summed E-state index contributed by atoms with van der Waals surface area (Å²) in [7, 11) is 0. The van der Waals surface area contributed by atoms with E-state index in [0.717, 1.165) is 0 Å². The Morgan fingerprint density at radius 3 is 2.36 bits per heavy atom. The maximum Gasteiger partial charge on any atom is 0.171 e. The fourth-order valence-electron chi connectivity index (χ4n) is 2.27. The average molecular weight is 316 g/mol. The van der Waals surface area contributed by atoms with E-state index in [1.54, 1.807) is 13.0 Å². The van der Waals surface area contributed by atoms with Crippen LogP contribution in [0.1, 0.15) is 31.0 Å². The molecule has 2 N–H and O–H groups in total. The Balaban J connectivity index is 2.07. The fraction of sp³-hybridized carbons (Fsp3) is 0.278. The molecule has 0 aliphatic heterocycles. The number of hydrogen-bond acceptors (Lipinski definition) is 1. The summed E-state index contributed by atoms with van der Waals surface area (Å²) in [5.74, 6) is 0.133. The lowest BCUT2D eigenvalue weighted by molar-refractivity contribution is 0.473. The number of halogens is 1. The third-order valence-electron chi connectivity index (χ3n) is 3.54. The van der Waals surface area contributed by atoms with Gasteiger partial charge in [0.2, 0.25) is 0 Å². The van der Waals surface area contributed by atoms with Crippen LogP contribution in [0.15, 0.2) is 48.5 Å². The summed E-state index contributed by atoms with van der Waals surface area (Å²) < 4.78 is 13.6. The van der Waals surface area contributed by atoms with Crippen molar-refractivity contribution >= 4 is 23.0 Å². The molecule has 0 saturated carbocycles. The summed E-state index contributed by atoms with van der Waals surface area (Å²) in [6.07, 6.45) is 0. The van der Waals surface area contributed by atoms with Gasteiger partial charge in [-0.1, -0.05) is 50.2 Å². The van der Waals surface area contributed by atoms with E-state index in [0.29, 0.717) is 22.3 Å². The zero-order chi connectivity index (χ0) is 16.1. The van der Waals surface area contributed by atoms with Crippen LogP contribution >= 0.6 is 12.2 Å². The molecule has 0 heterocycles. The molecule has 2 nitrogen and oxygen atoms in total. The largest absolute Gasteiger partial charge is 0.355 e. The number of benzene rings is 2. The van der Waals surface area contributed by atoms with E-state index in [-0.39, 0.29) is 11.9 Å². The van der Waals surface area contributed by atoms with Crippen LogP contribution < -0.4 is 10.6 Å². The van der Waals surface area contributed by atoms with Crippen LogP contribution in [0.5, 0.6) is 0 Å². The van der Waals surface area contributed by atoms with Crippen LogP contribution in [0.2, 0.25) is 0 Å². The summed E-state index contributed by atoms with van der Waals surface area (Å²) in [4.78, 5) is 0. The Bertz CT molecular complexity index is 641. The highest BCUT2D eigenvalue weighted by atomic mass is 32.1. The SMILES string of the molecule is Cc1ccc(NC(=S)N[C@@H](c2ccccc2)C(C)C)cc1F. The molecule has 0 amide bonds. The molecule has 0 saturated heterocycles. The molecular weight excluding hydrogens is 295 g/mol. The minimum Gasteiger partial charge on any atom is -0.355 e. The van der Waals surface area contributed by atoms with E-state index in [2.05, 4.69) is 36.6 Å². The lowest BCUT2D eigenvalue weighted by atomic mass is 9.96. The summed E-state index contributed by atoms with van der Waals surface area (Å²) in [5.41, 5.74) is 2.45. The highest BCUT2D eigenvalue weighted by molar-refractivity contribution is 7.80. The molecule has 0 spiro atoms. The van der Waals surface area contributed by atoms with Gasteiger partial charge in [-0.25, -0.2) is 4.39 Å². The molecule has 2 aromatic carbocycles. The number of aryl methyl sites for hydroxylation is 1. The van der Waals surface area contributed by atoms with Crippen LogP contribution in [0.25, 0.3) is 0 Å². The van der Waals surface area contributed by atoms with Crippen molar-refractivity contribution in [2.24, 2.45) is 5.92 Å². The maximum absolute atomic E-state index is 13.6. The molecule has 2 aromatic rings. The van der Waals surface area contributed by atoms with Gasteiger partial charge < -0.3 is 10.6 Å². The summed E-state index contributed by atoms with van der Waals surface area (Å²) in [5, 5.41) is 6.85. The molecule has 4 heteroatoms. The van der Waals surface area contributed by atoms with Gasteiger partial charge in [0.15, 0.2) is 5.11 Å². The summed E-state index contributed by atoms with van der Waals surface area (Å²) in [6, 6.07) is 15.3. The van der Waals surface area contributed by atoms with Crippen molar-refractivity contribution in [3.63, 3.8) is 0 Å². The number of hydrogen-bond donors (Lipinski definition) is 2. The quantitative estimate of drug-likeness (QED) is 0.791. The monoisotopic (exact) mass is 316 g/mol. The van der Waals surface area contributed by atoms with Gasteiger partial charge in [0.05, 0.1) is 6.04 Å². The van der Waals surface area contributed by atoms with Crippen molar-refractivity contribution in [1.82, 2.24) is 5.32 Å². The fourth-order valence-corrected chi connectivity index (χ4v) is 2.52. The predicted molar refractivity (Wildman–Crippen MR) is 94.5 cm³/mol. The van der Waals surface area contributed by atoms with E-state index in [1.165, 1.54) is 11.6 Å².